The van der Waals surface area contributed by atoms with Gasteiger partial charge in [0.1, 0.15) is 6.54 Å². The van der Waals surface area contributed by atoms with Crippen LogP contribution in [0.5, 0.6) is 0 Å². The van der Waals surface area contributed by atoms with Crippen molar-refractivity contribution in [2.24, 2.45) is 11.8 Å². The Balaban J connectivity index is 1.77. The van der Waals surface area contributed by atoms with Gasteiger partial charge in [0.2, 0.25) is 11.8 Å². The van der Waals surface area contributed by atoms with Crippen LogP contribution < -0.4 is 16.0 Å². The first-order chi connectivity index (χ1) is 12.4. The number of carbonyl (C=O) groups excluding carboxylic acids is 4. The number of amides is 3. The van der Waals surface area contributed by atoms with Gasteiger partial charge < -0.3 is 20.7 Å². The first-order valence-corrected chi connectivity index (χ1v) is 8.43. The van der Waals surface area contributed by atoms with E-state index in [1.54, 1.807) is 18.2 Å². The van der Waals surface area contributed by atoms with E-state index in [9.17, 15) is 19.2 Å². The van der Waals surface area contributed by atoms with Crippen molar-refractivity contribution in [1.29, 1.82) is 0 Å². The van der Waals surface area contributed by atoms with E-state index in [4.69, 9.17) is 0 Å². The van der Waals surface area contributed by atoms with Crippen molar-refractivity contribution in [3.05, 3.63) is 29.8 Å². The van der Waals surface area contributed by atoms with Crippen molar-refractivity contribution in [3.63, 3.8) is 0 Å². The highest BCUT2D eigenvalue weighted by molar-refractivity contribution is 5.98. The van der Waals surface area contributed by atoms with Crippen molar-refractivity contribution in [1.82, 2.24) is 10.6 Å². The molecule has 0 aromatic heterocycles. The highest BCUT2D eigenvalue weighted by Crippen LogP contribution is 2.37. The topological polar surface area (TPSA) is 114 Å². The fourth-order valence-corrected chi connectivity index (χ4v) is 2.41. The molecule has 1 aromatic rings. The third-order valence-corrected chi connectivity index (χ3v) is 4.13. The second kappa shape index (κ2) is 8.98. The molecule has 0 radical (unpaired) electrons. The summed E-state index contributed by atoms with van der Waals surface area (Å²) in [5.74, 6) is -0.756. The average molecular weight is 361 g/mol. The number of hydrogen-bond donors (Lipinski definition) is 3. The fraction of sp³-hybridized carbons (Fsp3) is 0.444. The second-order valence-corrected chi connectivity index (χ2v) is 6.25. The molecule has 0 heterocycles. The normalized spacial score (nSPS) is 17.8. The number of hydrogen-bond acceptors (Lipinski definition) is 5. The van der Waals surface area contributed by atoms with Crippen molar-refractivity contribution in [2.75, 3.05) is 25.5 Å². The van der Waals surface area contributed by atoms with Gasteiger partial charge in [-0.2, -0.15) is 0 Å². The Hall–Kier alpha value is -2.90. The molecule has 3 N–H and O–H groups in total. The zero-order chi connectivity index (χ0) is 19.1. The minimum Gasteiger partial charge on any atom is -0.468 e. The quantitative estimate of drug-likeness (QED) is 0.590. The van der Waals surface area contributed by atoms with E-state index in [0.717, 1.165) is 6.42 Å². The molecule has 3 amide bonds. The molecule has 1 aromatic carbocycles. The fourth-order valence-electron chi connectivity index (χ4n) is 2.41. The maximum Gasteiger partial charge on any atom is 0.325 e. The van der Waals surface area contributed by atoms with E-state index in [1.165, 1.54) is 13.2 Å². The predicted octanol–water partition coefficient (Wildman–Crippen LogP) is 0.690. The Morgan fingerprint density at radius 1 is 1.19 bits per heavy atom. The van der Waals surface area contributed by atoms with E-state index in [-0.39, 0.29) is 37.2 Å². The van der Waals surface area contributed by atoms with Crippen LogP contribution in [0.1, 0.15) is 30.1 Å². The largest absolute Gasteiger partial charge is 0.468 e. The number of benzene rings is 1. The molecule has 1 saturated carbocycles. The zero-order valence-electron chi connectivity index (χ0n) is 14.8. The molecule has 0 saturated heterocycles. The summed E-state index contributed by atoms with van der Waals surface area (Å²) in [6.45, 7) is 2.06. The van der Waals surface area contributed by atoms with Crippen molar-refractivity contribution in [2.45, 2.75) is 19.8 Å². The smallest absolute Gasteiger partial charge is 0.325 e. The van der Waals surface area contributed by atoms with Gasteiger partial charge in [-0.15, -0.1) is 0 Å². The van der Waals surface area contributed by atoms with E-state index < -0.39 is 11.9 Å². The highest BCUT2D eigenvalue weighted by atomic mass is 16.5. The maximum atomic E-state index is 12.0. The van der Waals surface area contributed by atoms with Crippen LogP contribution in [0.2, 0.25) is 0 Å². The van der Waals surface area contributed by atoms with Crippen molar-refractivity contribution < 1.29 is 23.9 Å². The SMILES string of the molecule is COC(=O)CNC(=O)c1cccc(NC(=O)CCNC(=O)[C@@H]2C[C@H]2C)c1. The van der Waals surface area contributed by atoms with Crippen LogP contribution in [0, 0.1) is 11.8 Å². The number of carbonyl (C=O) groups is 4. The van der Waals surface area contributed by atoms with Crippen LogP contribution in [0.3, 0.4) is 0 Å². The molecule has 1 aliphatic carbocycles. The third kappa shape index (κ3) is 5.87. The van der Waals surface area contributed by atoms with Crippen molar-refractivity contribution in [3.8, 4) is 0 Å². The molecule has 140 valence electrons. The summed E-state index contributed by atoms with van der Waals surface area (Å²) in [7, 11) is 1.23. The number of ether oxygens (including phenoxy) is 1. The first-order valence-electron chi connectivity index (χ1n) is 8.43. The number of rotatable bonds is 8. The monoisotopic (exact) mass is 361 g/mol. The maximum absolute atomic E-state index is 12.0. The van der Waals surface area contributed by atoms with Gasteiger partial charge in [0.25, 0.3) is 5.91 Å². The molecule has 8 nitrogen and oxygen atoms in total. The highest BCUT2D eigenvalue weighted by Gasteiger charge is 2.38. The van der Waals surface area contributed by atoms with Gasteiger partial charge >= 0.3 is 5.97 Å². The number of anilines is 1. The van der Waals surface area contributed by atoms with Gasteiger partial charge in [0, 0.05) is 30.1 Å². The molecular weight excluding hydrogens is 338 g/mol. The van der Waals surface area contributed by atoms with Gasteiger partial charge in [0.05, 0.1) is 7.11 Å². The van der Waals surface area contributed by atoms with E-state index >= 15 is 0 Å². The summed E-state index contributed by atoms with van der Waals surface area (Å²) in [6, 6.07) is 6.35. The molecule has 26 heavy (non-hydrogen) atoms. The average Bonchev–Trinajstić information content (AvgIpc) is 3.36. The first kappa shape index (κ1) is 19.4. The zero-order valence-corrected chi connectivity index (χ0v) is 14.8. The Labute approximate surface area is 151 Å². The van der Waals surface area contributed by atoms with Crippen LogP contribution in [0.15, 0.2) is 24.3 Å². The molecule has 2 rings (SSSR count). The predicted molar refractivity (Wildman–Crippen MR) is 94.3 cm³/mol. The lowest BCUT2D eigenvalue weighted by Gasteiger charge is -2.08. The van der Waals surface area contributed by atoms with Crippen LogP contribution in [-0.2, 0) is 19.1 Å². The minimum atomic E-state index is -0.551. The van der Waals surface area contributed by atoms with Crippen molar-refractivity contribution >= 4 is 29.4 Å². The van der Waals surface area contributed by atoms with Crippen LogP contribution in [-0.4, -0.2) is 43.9 Å². The molecule has 2 atom stereocenters. The van der Waals surface area contributed by atoms with Crippen LogP contribution >= 0.6 is 0 Å². The Bertz CT molecular complexity index is 704. The third-order valence-electron chi connectivity index (χ3n) is 4.13. The summed E-state index contributed by atoms with van der Waals surface area (Å²) < 4.78 is 4.45. The summed E-state index contributed by atoms with van der Waals surface area (Å²) in [6.07, 6.45) is 1.05. The molecule has 0 spiro atoms. The lowest BCUT2D eigenvalue weighted by atomic mass is 10.2. The summed E-state index contributed by atoms with van der Waals surface area (Å²) in [5, 5.41) is 7.85. The standard InChI is InChI=1S/C18H23N3O5/c1-11-8-14(11)18(25)19-7-6-15(22)21-13-5-3-4-12(9-13)17(24)20-10-16(23)26-2/h3-5,9,11,14H,6-8,10H2,1-2H3,(H,19,25)(H,20,24)(H,21,22)/t11-,14-/m1/s1. The summed E-state index contributed by atoms with van der Waals surface area (Å²) in [5.41, 5.74) is 0.769. The van der Waals surface area contributed by atoms with Gasteiger partial charge in [-0.05, 0) is 30.5 Å². The molecule has 0 bridgehead atoms. The number of esters is 1. The van der Waals surface area contributed by atoms with Gasteiger partial charge in [0.15, 0.2) is 0 Å². The number of methoxy groups -OCH3 is 1. The van der Waals surface area contributed by atoms with Gasteiger partial charge in [-0.25, -0.2) is 0 Å². The lowest BCUT2D eigenvalue weighted by molar-refractivity contribution is -0.139. The van der Waals surface area contributed by atoms with Crippen LogP contribution in [0.25, 0.3) is 0 Å². The molecule has 8 heteroatoms. The van der Waals surface area contributed by atoms with Gasteiger partial charge in [-0.3, -0.25) is 19.2 Å². The van der Waals surface area contributed by atoms with Crippen LogP contribution in [0.4, 0.5) is 5.69 Å². The molecule has 0 aliphatic heterocycles. The summed E-state index contributed by atoms with van der Waals surface area (Å²) in [4.78, 5) is 46.7. The second-order valence-electron chi connectivity index (χ2n) is 6.25. The van der Waals surface area contributed by atoms with Gasteiger partial charge in [-0.1, -0.05) is 13.0 Å². The molecule has 1 aliphatic rings. The Morgan fingerprint density at radius 2 is 1.92 bits per heavy atom. The summed E-state index contributed by atoms with van der Waals surface area (Å²) >= 11 is 0. The van der Waals surface area contributed by atoms with E-state index in [2.05, 4.69) is 20.7 Å². The lowest BCUT2D eigenvalue weighted by Crippen LogP contribution is -2.30. The molecule has 1 fully saturated rings. The molecule has 0 unspecified atom stereocenters. The number of nitrogens with one attached hydrogen (secondary N) is 3. The molecular formula is C18H23N3O5. The van der Waals surface area contributed by atoms with E-state index in [1.807, 2.05) is 6.92 Å². The minimum absolute atomic E-state index is 0.00502. The Kier molecular flexibility index (Phi) is 6.71. The Morgan fingerprint density at radius 3 is 2.58 bits per heavy atom. The van der Waals surface area contributed by atoms with E-state index in [0.29, 0.717) is 17.2 Å².